The molecule has 3 heteroatoms. The van der Waals surface area contributed by atoms with E-state index in [9.17, 15) is 0 Å². The maximum Gasteiger partial charge on any atom is 0.274 e. The summed E-state index contributed by atoms with van der Waals surface area (Å²) in [4.78, 5) is 0. The van der Waals surface area contributed by atoms with Gasteiger partial charge in [0.2, 0.25) is 0 Å². The Hall–Kier alpha value is -1.23. The van der Waals surface area contributed by atoms with E-state index in [1.165, 1.54) is 14.3 Å². The van der Waals surface area contributed by atoms with E-state index in [0.29, 0.717) is 0 Å². The van der Waals surface area contributed by atoms with Crippen LogP contribution in [0.5, 0.6) is 0 Å². The first-order chi connectivity index (χ1) is 8.21. The molecule has 1 aliphatic heterocycles. The fourth-order valence-corrected chi connectivity index (χ4v) is 3.22. The van der Waals surface area contributed by atoms with Crippen LogP contribution in [0.25, 0.3) is 10.8 Å². The average molecular weight is 338 g/mol. The zero-order valence-corrected chi connectivity index (χ0v) is 11.5. The largest absolute Gasteiger partial charge is 0.453 e. The second-order valence-electron chi connectivity index (χ2n) is 4.10. The molecule has 0 aliphatic carbocycles. The lowest BCUT2D eigenvalue weighted by molar-refractivity contribution is -0.133. The summed E-state index contributed by atoms with van der Waals surface area (Å²) < 4.78 is 12.3. The third kappa shape index (κ3) is 1.69. The molecule has 0 amide bonds. The van der Waals surface area contributed by atoms with Crippen LogP contribution in [-0.4, -0.2) is 0 Å². The van der Waals surface area contributed by atoms with Crippen molar-refractivity contribution >= 4 is 33.4 Å². The highest BCUT2D eigenvalue weighted by Crippen LogP contribution is 2.37. The van der Waals surface area contributed by atoms with Crippen LogP contribution < -0.4 is 0 Å². The van der Waals surface area contributed by atoms with Crippen molar-refractivity contribution in [2.24, 2.45) is 0 Å². The fourth-order valence-electron chi connectivity index (χ4n) is 2.05. The number of rotatable bonds is 1. The molecule has 0 unspecified atom stereocenters. The normalized spacial score (nSPS) is 16.8. The third-order valence-corrected chi connectivity index (χ3v) is 4.16. The zero-order chi connectivity index (χ0) is 11.9. The van der Waals surface area contributed by atoms with Gasteiger partial charge >= 0.3 is 0 Å². The number of hydrogen-bond acceptors (Lipinski definition) is 2. The van der Waals surface area contributed by atoms with Gasteiger partial charge in [-0.1, -0.05) is 30.3 Å². The lowest BCUT2D eigenvalue weighted by Gasteiger charge is -2.25. The maximum atomic E-state index is 5.55. The summed E-state index contributed by atoms with van der Waals surface area (Å²) in [6.45, 7) is 1.93. The monoisotopic (exact) mass is 338 g/mol. The summed E-state index contributed by atoms with van der Waals surface area (Å²) in [5, 5.41) is 2.46. The van der Waals surface area contributed by atoms with Crippen LogP contribution >= 0.6 is 22.6 Å². The Kier molecular flexibility index (Phi) is 2.50. The lowest BCUT2D eigenvalue weighted by atomic mass is 10.0. The molecule has 0 atom stereocenters. The zero-order valence-electron chi connectivity index (χ0n) is 9.31. The molecule has 2 aromatic rings. The van der Waals surface area contributed by atoms with Gasteiger partial charge in [-0.3, -0.25) is 0 Å². The first-order valence-corrected chi connectivity index (χ1v) is 6.47. The summed E-state index contributed by atoms with van der Waals surface area (Å²) in [5.74, 6) is -0.694. The van der Waals surface area contributed by atoms with E-state index in [2.05, 4.69) is 46.9 Å². The van der Waals surface area contributed by atoms with E-state index in [1.54, 1.807) is 12.5 Å². The van der Waals surface area contributed by atoms with Crippen LogP contribution in [0.15, 0.2) is 48.9 Å². The van der Waals surface area contributed by atoms with Crippen molar-refractivity contribution in [3.05, 3.63) is 58.1 Å². The molecule has 17 heavy (non-hydrogen) atoms. The van der Waals surface area contributed by atoms with Gasteiger partial charge in [-0.15, -0.1) is 0 Å². The van der Waals surface area contributed by atoms with Crippen molar-refractivity contribution in [2.75, 3.05) is 0 Å². The minimum Gasteiger partial charge on any atom is -0.453 e. The molecule has 0 aromatic heterocycles. The molecular weight excluding hydrogens is 327 g/mol. The molecule has 2 nitrogen and oxygen atoms in total. The smallest absolute Gasteiger partial charge is 0.274 e. The number of fused-ring (bicyclic) bond motifs is 1. The van der Waals surface area contributed by atoms with E-state index in [1.807, 2.05) is 19.1 Å². The van der Waals surface area contributed by atoms with Crippen LogP contribution in [-0.2, 0) is 15.3 Å². The number of hydrogen-bond donors (Lipinski definition) is 0. The molecule has 86 valence electrons. The van der Waals surface area contributed by atoms with Gasteiger partial charge in [0.25, 0.3) is 5.79 Å². The highest BCUT2D eigenvalue weighted by molar-refractivity contribution is 14.1. The van der Waals surface area contributed by atoms with Gasteiger partial charge in [0.1, 0.15) is 12.5 Å². The molecule has 0 fully saturated rings. The molecule has 2 aromatic carbocycles. The van der Waals surface area contributed by atoms with E-state index in [-0.39, 0.29) is 0 Å². The van der Waals surface area contributed by atoms with E-state index < -0.39 is 5.79 Å². The first kappa shape index (κ1) is 10.9. The van der Waals surface area contributed by atoms with Crippen molar-refractivity contribution in [1.29, 1.82) is 0 Å². The van der Waals surface area contributed by atoms with Gasteiger partial charge < -0.3 is 9.47 Å². The van der Waals surface area contributed by atoms with Crippen LogP contribution in [0.4, 0.5) is 0 Å². The summed E-state index contributed by atoms with van der Waals surface area (Å²) in [5.41, 5.74) is 1.06. The van der Waals surface area contributed by atoms with Crippen LogP contribution in [0, 0.1) is 3.57 Å². The molecule has 3 rings (SSSR count). The Morgan fingerprint density at radius 3 is 2.47 bits per heavy atom. The molecule has 1 aliphatic rings. The lowest BCUT2D eigenvalue weighted by Crippen LogP contribution is -2.23. The highest BCUT2D eigenvalue weighted by atomic mass is 127. The molecule has 0 saturated carbocycles. The molecule has 1 heterocycles. The Bertz CT molecular complexity index is 596. The van der Waals surface area contributed by atoms with Crippen molar-refractivity contribution in [3.63, 3.8) is 0 Å². The average Bonchev–Trinajstić information content (AvgIpc) is 2.78. The third-order valence-electron chi connectivity index (χ3n) is 2.99. The quantitative estimate of drug-likeness (QED) is 0.728. The number of halogens is 1. The minimum atomic E-state index is -0.694. The van der Waals surface area contributed by atoms with Gasteiger partial charge in [0.15, 0.2) is 0 Å². The SMILES string of the molecule is CC1(c2ccc3ccccc3c2I)OC=CO1. The van der Waals surface area contributed by atoms with Gasteiger partial charge in [-0.05, 0) is 39.4 Å². The first-order valence-electron chi connectivity index (χ1n) is 5.39. The van der Waals surface area contributed by atoms with Crippen molar-refractivity contribution in [3.8, 4) is 0 Å². The summed E-state index contributed by atoms with van der Waals surface area (Å²) in [6.07, 6.45) is 3.18. The van der Waals surface area contributed by atoms with Crippen molar-refractivity contribution < 1.29 is 9.47 Å². The number of ether oxygens (including phenoxy) is 2. The van der Waals surface area contributed by atoms with E-state index in [4.69, 9.17) is 9.47 Å². The van der Waals surface area contributed by atoms with Gasteiger partial charge in [-0.25, -0.2) is 0 Å². The van der Waals surface area contributed by atoms with E-state index in [0.717, 1.165) is 5.56 Å². The topological polar surface area (TPSA) is 18.5 Å². The molecule has 0 saturated heterocycles. The molecule has 0 N–H and O–H groups in total. The molecule has 0 radical (unpaired) electrons. The highest BCUT2D eigenvalue weighted by Gasteiger charge is 2.34. The summed E-state index contributed by atoms with van der Waals surface area (Å²) in [6, 6.07) is 12.5. The number of benzene rings is 2. The molecule has 0 bridgehead atoms. The maximum absolute atomic E-state index is 5.55. The van der Waals surface area contributed by atoms with Crippen LogP contribution in [0.2, 0.25) is 0 Å². The Morgan fingerprint density at radius 2 is 1.71 bits per heavy atom. The molecular formula is C14H11IO2. The van der Waals surface area contributed by atoms with Crippen LogP contribution in [0.1, 0.15) is 12.5 Å². The van der Waals surface area contributed by atoms with Crippen molar-refractivity contribution in [1.82, 2.24) is 0 Å². The summed E-state index contributed by atoms with van der Waals surface area (Å²) >= 11 is 2.35. The van der Waals surface area contributed by atoms with E-state index >= 15 is 0 Å². The fraction of sp³-hybridized carbons (Fsp3) is 0.143. The Morgan fingerprint density at radius 1 is 1.00 bits per heavy atom. The van der Waals surface area contributed by atoms with Gasteiger partial charge in [-0.2, -0.15) is 0 Å². The predicted molar refractivity (Wildman–Crippen MR) is 75.3 cm³/mol. The molecule has 0 spiro atoms. The van der Waals surface area contributed by atoms with Crippen LogP contribution in [0.3, 0.4) is 0 Å². The van der Waals surface area contributed by atoms with Gasteiger partial charge in [0.05, 0.1) is 0 Å². The Labute approximate surface area is 113 Å². The second-order valence-corrected chi connectivity index (χ2v) is 5.18. The predicted octanol–water partition coefficient (Wildman–Crippen LogP) is 4.14. The standard InChI is InChI=1S/C14H11IO2/c1-14(16-8-9-17-14)12-7-6-10-4-2-3-5-11(10)13(12)15/h2-9H,1H3. The Balaban J connectivity index is 2.21. The van der Waals surface area contributed by atoms with Gasteiger partial charge in [0, 0.05) is 16.1 Å². The summed E-state index contributed by atoms with van der Waals surface area (Å²) in [7, 11) is 0. The second kappa shape index (κ2) is 3.91. The van der Waals surface area contributed by atoms with Crippen molar-refractivity contribution in [2.45, 2.75) is 12.7 Å². The minimum absolute atomic E-state index is 0.694.